The molecule has 0 aromatic carbocycles. The lowest BCUT2D eigenvalue weighted by Crippen LogP contribution is -2.27. The Bertz CT molecular complexity index is 872. The van der Waals surface area contributed by atoms with E-state index in [1.807, 2.05) is 6.92 Å². The van der Waals surface area contributed by atoms with Gasteiger partial charge in [-0.3, -0.25) is 14.2 Å². The van der Waals surface area contributed by atoms with E-state index in [2.05, 4.69) is 19.2 Å². The highest BCUT2D eigenvalue weighted by molar-refractivity contribution is 7.99. The molecule has 0 spiro atoms. The molecule has 0 radical (unpaired) electrons. The van der Waals surface area contributed by atoms with E-state index in [1.54, 1.807) is 15.9 Å². The molecular formula is C20H29N3O2S2. The Hall–Kier alpha value is -1.34. The number of nitrogens with one attached hydrogen (secondary N) is 1. The van der Waals surface area contributed by atoms with Crippen molar-refractivity contribution in [1.82, 2.24) is 14.9 Å². The highest BCUT2D eigenvalue weighted by Gasteiger charge is 2.24. The minimum atomic E-state index is 0.00685. The van der Waals surface area contributed by atoms with E-state index in [0.29, 0.717) is 23.4 Å². The molecule has 0 bridgehead atoms. The topological polar surface area (TPSA) is 64.0 Å². The second-order valence-electron chi connectivity index (χ2n) is 7.32. The van der Waals surface area contributed by atoms with Crippen molar-refractivity contribution in [2.24, 2.45) is 5.92 Å². The molecular weight excluding hydrogens is 378 g/mol. The molecule has 1 aliphatic carbocycles. The van der Waals surface area contributed by atoms with E-state index < -0.39 is 0 Å². The van der Waals surface area contributed by atoms with Gasteiger partial charge in [0.1, 0.15) is 4.83 Å². The number of carbonyl (C=O) groups is 1. The van der Waals surface area contributed by atoms with Crippen LogP contribution in [-0.2, 0) is 24.2 Å². The highest BCUT2D eigenvalue weighted by Crippen LogP contribution is 2.36. The fraction of sp³-hybridized carbons (Fsp3) is 0.650. The van der Waals surface area contributed by atoms with Gasteiger partial charge < -0.3 is 5.32 Å². The summed E-state index contributed by atoms with van der Waals surface area (Å²) in [6.07, 6.45) is 6.44. The van der Waals surface area contributed by atoms with Crippen LogP contribution in [0.2, 0.25) is 0 Å². The Morgan fingerprint density at radius 2 is 2.19 bits per heavy atom. The van der Waals surface area contributed by atoms with Gasteiger partial charge in [0.15, 0.2) is 5.16 Å². The smallest absolute Gasteiger partial charge is 0.263 e. The van der Waals surface area contributed by atoms with Crippen LogP contribution in [0.4, 0.5) is 0 Å². The normalized spacial score (nSPS) is 16.5. The minimum Gasteiger partial charge on any atom is -0.355 e. The third kappa shape index (κ3) is 4.57. The molecule has 0 unspecified atom stereocenters. The molecule has 27 heavy (non-hydrogen) atoms. The minimum absolute atomic E-state index is 0.00685. The Balaban J connectivity index is 1.79. The number of unbranched alkanes of at least 4 members (excludes halogenated alkanes) is 2. The molecule has 1 amide bonds. The fourth-order valence-electron chi connectivity index (χ4n) is 3.58. The Kier molecular flexibility index (Phi) is 6.98. The lowest BCUT2D eigenvalue weighted by atomic mass is 9.89. The first-order valence-corrected chi connectivity index (χ1v) is 11.8. The first-order valence-electron chi connectivity index (χ1n) is 9.99. The number of thioether (sulfide) groups is 1. The van der Waals surface area contributed by atoms with E-state index in [0.717, 1.165) is 55.3 Å². The summed E-state index contributed by atoms with van der Waals surface area (Å²) >= 11 is 3.03. The maximum absolute atomic E-state index is 13.1. The van der Waals surface area contributed by atoms with Crippen molar-refractivity contribution in [3.05, 3.63) is 20.8 Å². The zero-order valence-corrected chi connectivity index (χ0v) is 18.1. The maximum Gasteiger partial charge on any atom is 0.263 e. The number of hydrogen-bond acceptors (Lipinski definition) is 5. The van der Waals surface area contributed by atoms with Crippen LogP contribution in [0.1, 0.15) is 56.9 Å². The molecule has 1 aliphatic rings. The van der Waals surface area contributed by atoms with Gasteiger partial charge in [0, 0.05) is 18.0 Å². The number of carbonyl (C=O) groups excluding carboxylic acids is 1. The predicted octanol–water partition coefficient (Wildman–Crippen LogP) is 4.00. The summed E-state index contributed by atoms with van der Waals surface area (Å²) in [6, 6.07) is 0. The molecule has 0 saturated carbocycles. The van der Waals surface area contributed by atoms with Gasteiger partial charge in [-0.05, 0) is 44.1 Å². The van der Waals surface area contributed by atoms with Gasteiger partial charge in [-0.2, -0.15) is 0 Å². The number of hydrogen-bond donors (Lipinski definition) is 1. The number of aryl methyl sites for hydroxylation is 1. The molecule has 0 aliphatic heterocycles. The van der Waals surface area contributed by atoms with Crippen molar-refractivity contribution in [1.29, 1.82) is 0 Å². The van der Waals surface area contributed by atoms with Crippen LogP contribution in [-0.4, -0.2) is 27.8 Å². The van der Waals surface area contributed by atoms with Crippen LogP contribution in [0, 0.1) is 5.92 Å². The van der Waals surface area contributed by atoms with E-state index in [9.17, 15) is 9.59 Å². The van der Waals surface area contributed by atoms with Crippen LogP contribution in [0.15, 0.2) is 9.95 Å². The summed E-state index contributed by atoms with van der Waals surface area (Å²) in [5, 5.41) is 4.42. The summed E-state index contributed by atoms with van der Waals surface area (Å²) in [4.78, 5) is 32.1. The first kappa shape index (κ1) is 20.4. The number of thiophene rings is 1. The lowest BCUT2D eigenvalue weighted by Gasteiger charge is -2.17. The van der Waals surface area contributed by atoms with E-state index in [-0.39, 0.29) is 11.5 Å². The van der Waals surface area contributed by atoms with Gasteiger partial charge in [0.25, 0.3) is 5.56 Å². The number of amides is 1. The van der Waals surface area contributed by atoms with Crippen molar-refractivity contribution in [2.75, 3.05) is 12.3 Å². The molecule has 2 heterocycles. The molecule has 1 atom stereocenters. The molecule has 1 N–H and O–H groups in total. The van der Waals surface area contributed by atoms with E-state index in [4.69, 9.17) is 4.98 Å². The summed E-state index contributed by atoms with van der Waals surface area (Å²) in [7, 11) is 0. The number of fused-ring (bicyclic) bond motifs is 3. The van der Waals surface area contributed by atoms with Crippen molar-refractivity contribution >= 4 is 39.2 Å². The standard InChI is InChI=1S/C20H29N3O2S2/c1-4-6-7-10-21-16(24)12-26-20-22-18-17(19(25)23(20)5-2)14-9-8-13(3)11-15(14)27-18/h13H,4-12H2,1-3H3,(H,21,24)/t13-/m0/s1. The van der Waals surface area contributed by atoms with Crippen LogP contribution in [0.3, 0.4) is 0 Å². The average molecular weight is 408 g/mol. The van der Waals surface area contributed by atoms with Gasteiger partial charge in [0.05, 0.1) is 11.1 Å². The van der Waals surface area contributed by atoms with Crippen LogP contribution in [0.25, 0.3) is 10.2 Å². The Morgan fingerprint density at radius 1 is 1.37 bits per heavy atom. The molecule has 148 valence electrons. The van der Waals surface area contributed by atoms with Gasteiger partial charge in [-0.25, -0.2) is 4.98 Å². The van der Waals surface area contributed by atoms with Gasteiger partial charge >= 0.3 is 0 Å². The second kappa shape index (κ2) is 9.24. The van der Waals surface area contributed by atoms with Crippen LogP contribution < -0.4 is 10.9 Å². The largest absolute Gasteiger partial charge is 0.355 e. The zero-order valence-electron chi connectivity index (χ0n) is 16.5. The molecule has 2 aromatic rings. The van der Waals surface area contributed by atoms with Crippen LogP contribution >= 0.6 is 23.1 Å². The van der Waals surface area contributed by atoms with Gasteiger partial charge in [-0.15, -0.1) is 11.3 Å². The van der Waals surface area contributed by atoms with Crippen molar-refractivity contribution in [3.8, 4) is 0 Å². The number of rotatable bonds is 8. The molecule has 5 nitrogen and oxygen atoms in total. The molecule has 3 rings (SSSR count). The first-order chi connectivity index (χ1) is 13.0. The number of aromatic nitrogens is 2. The molecule has 0 fully saturated rings. The summed E-state index contributed by atoms with van der Waals surface area (Å²) in [5.74, 6) is 0.975. The summed E-state index contributed by atoms with van der Waals surface area (Å²) in [5.41, 5.74) is 1.28. The number of nitrogens with zero attached hydrogens (tertiary/aromatic N) is 2. The van der Waals surface area contributed by atoms with E-state index >= 15 is 0 Å². The maximum atomic E-state index is 13.1. The SMILES string of the molecule is CCCCCNC(=O)CSc1nc2sc3c(c2c(=O)n1CC)CC[C@H](C)C3. The molecule has 0 saturated heterocycles. The highest BCUT2D eigenvalue weighted by atomic mass is 32.2. The van der Waals surface area contributed by atoms with Crippen LogP contribution in [0.5, 0.6) is 0 Å². The summed E-state index contributed by atoms with van der Waals surface area (Å²) < 4.78 is 1.72. The van der Waals surface area contributed by atoms with Gasteiger partial charge in [-0.1, -0.05) is 38.5 Å². The van der Waals surface area contributed by atoms with Gasteiger partial charge in [0.2, 0.25) is 5.91 Å². The third-order valence-electron chi connectivity index (χ3n) is 5.13. The van der Waals surface area contributed by atoms with E-state index in [1.165, 1.54) is 22.2 Å². The average Bonchev–Trinajstić information content (AvgIpc) is 3.01. The van der Waals surface area contributed by atoms with Crippen molar-refractivity contribution in [3.63, 3.8) is 0 Å². The summed E-state index contributed by atoms with van der Waals surface area (Å²) in [6.45, 7) is 7.67. The Labute approximate surface area is 169 Å². The Morgan fingerprint density at radius 3 is 2.93 bits per heavy atom. The van der Waals surface area contributed by atoms with Crippen molar-refractivity contribution in [2.45, 2.75) is 71.0 Å². The second-order valence-corrected chi connectivity index (χ2v) is 9.35. The molecule has 7 heteroatoms. The lowest BCUT2D eigenvalue weighted by molar-refractivity contribution is -0.118. The third-order valence-corrected chi connectivity index (χ3v) is 7.26. The quantitative estimate of drug-likeness (QED) is 0.408. The van der Waals surface area contributed by atoms with Crippen molar-refractivity contribution < 1.29 is 4.79 Å². The zero-order chi connectivity index (χ0) is 19.4. The monoisotopic (exact) mass is 407 g/mol. The predicted molar refractivity (Wildman–Crippen MR) is 114 cm³/mol. The fourth-order valence-corrected chi connectivity index (χ4v) is 5.89. The molecule has 2 aromatic heterocycles.